The van der Waals surface area contributed by atoms with Gasteiger partial charge in [0.25, 0.3) is 5.69 Å². The van der Waals surface area contributed by atoms with E-state index in [0.717, 1.165) is 25.2 Å². The van der Waals surface area contributed by atoms with Crippen LogP contribution in [0.2, 0.25) is 0 Å². The summed E-state index contributed by atoms with van der Waals surface area (Å²) in [6, 6.07) is 3.74. The molecule has 1 saturated carbocycles. The lowest BCUT2D eigenvalue weighted by Crippen LogP contribution is -2.35. The van der Waals surface area contributed by atoms with Crippen LogP contribution in [-0.4, -0.2) is 38.6 Å². The van der Waals surface area contributed by atoms with Crippen LogP contribution in [0.4, 0.5) is 11.4 Å². The van der Waals surface area contributed by atoms with Crippen LogP contribution in [0.15, 0.2) is 35.2 Å². The molecule has 0 unspecified atom stereocenters. The molecule has 140 valence electrons. The number of carbonyl (C=O) groups is 1. The number of benzene rings is 1. The number of sulfone groups is 1. The number of allylic oxidation sites excluding steroid dienone is 2. The lowest BCUT2D eigenvalue weighted by Gasteiger charge is -2.17. The average Bonchev–Trinajstić information content (AvgIpc) is 3.20. The van der Waals surface area contributed by atoms with E-state index >= 15 is 0 Å². The van der Waals surface area contributed by atoms with Gasteiger partial charge >= 0.3 is 0 Å². The van der Waals surface area contributed by atoms with Gasteiger partial charge in [-0.1, -0.05) is 12.2 Å². The van der Waals surface area contributed by atoms with Gasteiger partial charge in [-0.25, -0.2) is 8.42 Å². The fourth-order valence-electron chi connectivity index (χ4n) is 3.64. The zero-order chi connectivity index (χ0) is 18.9. The second-order valence-electron chi connectivity index (χ2n) is 6.81. The summed E-state index contributed by atoms with van der Waals surface area (Å²) in [4.78, 5) is 22.7. The summed E-state index contributed by atoms with van der Waals surface area (Å²) in [5.74, 6) is 0.890. The molecule has 0 heterocycles. The Morgan fingerprint density at radius 2 is 2.04 bits per heavy atom. The van der Waals surface area contributed by atoms with Crippen LogP contribution in [0.5, 0.6) is 0 Å². The third kappa shape index (κ3) is 3.87. The molecule has 2 bridgehead atoms. The molecule has 9 heteroatoms. The maximum Gasteiger partial charge on any atom is 0.293 e. The van der Waals surface area contributed by atoms with Crippen LogP contribution in [-0.2, 0) is 14.6 Å². The highest BCUT2D eigenvalue weighted by Gasteiger charge is 2.39. The summed E-state index contributed by atoms with van der Waals surface area (Å²) < 4.78 is 23.1. The monoisotopic (exact) mass is 379 g/mol. The number of hydrogen-bond acceptors (Lipinski definition) is 6. The Balaban J connectivity index is 1.55. The third-order valence-electron chi connectivity index (χ3n) is 4.95. The highest BCUT2D eigenvalue weighted by Crippen LogP contribution is 2.43. The maximum atomic E-state index is 12.2. The Morgan fingerprint density at radius 3 is 2.62 bits per heavy atom. The van der Waals surface area contributed by atoms with Gasteiger partial charge in [-0.2, -0.15) is 0 Å². The first-order valence-corrected chi connectivity index (χ1v) is 10.3. The van der Waals surface area contributed by atoms with Crippen LogP contribution in [0, 0.1) is 27.9 Å². The number of nitrogens with one attached hydrogen (secondary N) is 2. The predicted octanol–water partition coefficient (Wildman–Crippen LogP) is 1.74. The molecule has 8 nitrogen and oxygen atoms in total. The largest absolute Gasteiger partial charge is 0.378 e. The van der Waals surface area contributed by atoms with E-state index in [1.54, 1.807) is 0 Å². The Kier molecular flexibility index (Phi) is 4.99. The first-order valence-electron chi connectivity index (χ1n) is 8.44. The highest BCUT2D eigenvalue weighted by molar-refractivity contribution is 7.90. The fourth-order valence-corrected chi connectivity index (χ4v) is 4.28. The number of anilines is 1. The Morgan fingerprint density at radius 1 is 1.27 bits per heavy atom. The summed E-state index contributed by atoms with van der Waals surface area (Å²) >= 11 is 0. The molecule has 2 aliphatic rings. The lowest BCUT2D eigenvalue weighted by molar-refractivity contribution is -0.384. The number of rotatable bonds is 7. The molecular weight excluding hydrogens is 358 g/mol. The SMILES string of the molecule is CS(=O)(=O)c1ccc(NCCNC(=O)[C@H]2C[C@H]3C=C[C@H]2C3)c([N+](=O)[O-])c1. The van der Waals surface area contributed by atoms with Crippen LogP contribution in [0.3, 0.4) is 0 Å². The van der Waals surface area contributed by atoms with Crippen molar-refractivity contribution < 1.29 is 18.1 Å². The number of hydrogen-bond donors (Lipinski definition) is 2. The molecule has 26 heavy (non-hydrogen) atoms. The number of nitrogens with zero attached hydrogens (tertiary/aromatic N) is 1. The van der Waals surface area contributed by atoms with E-state index in [4.69, 9.17) is 0 Å². The van der Waals surface area contributed by atoms with Gasteiger partial charge in [0.2, 0.25) is 5.91 Å². The molecule has 0 aromatic heterocycles. The number of amides is 1. The van der Waals surface area contributed by atoms with Gasteiger partial charge in [0.15, 0.2) is 9.84 Å². The summed E-state index contributed by atoms with van der Waals surface area (Å²) in [7, 11) is -3.52. The third-order valence-corrected chi connectivity index (χ3v) is 6.06. The zero-order valence-electron chi connectivity index (χ0n) is 14.3. The van der Waals surface area contributed by atoms with Gasteiger partial charge in [-0.15, -0.1) is 0 Å². The minimum absolute atomic E-state index is 0.0191. The van der Waals surface area contributed by atoms with Gasteiger partial charge in [0.05, 0.1) is 9.82 Å². The average molecular weight is 379 g/mol. The molecule has 1 fully saturated rings. The molecular formula is C17H21N3O5S. The molecule has 1 aromatic rings. The standard InChI is InChI=1S/C17H21N3O5S/c1-26(24,25)13-4-5-15(16(10-13)20(22)23)18-6-7-19-17(21)14-9-11-2-3-12(14)8-11/h2-5,10-12,14,18H,6-9H2,1H3,(H,19,21)/t11-,12-,14-/m0/s1. The Bertz CT molecular complexity index is 865. The van der Waals surface area contributed by atoms with Crippen LogP contribution >= 0.6 is 0 Å². The summed E-state index contributed by atoms with van der Waals surface area (Å²) in [6.45, 7) is 0.642. The van der Waals surface area contributed by atoms with Gasteiger partial charge in [-0.3, -0.25) is 14.9 Å². The quantitative estimate of drug-likeness (QED) is 0.322. The smallest absolute Gasteiger partial charge is 0.293 e. The number of nitro groups is 1. The Labute approximate surface area is 151 Å². The normalized spacial score (nSPS) is 23.8. The molecule has 0 spiro atoms. The minimum atomic E-state index is -3.52. The predicted molar refractivity (Wildman–Crippen MR) is 96.5 cm³/mol. The molecule has 0 radical (unpaired) electrons. The van der Waals surface area contributed by atoms with Gasteiger partial charge < -0.3 is 10.6 Å². The molecule has 2 N–H and O–H groups in total. The van der Waals surface area contributed by atoms with E-state index in [1.165, 1.54) is 12.1 Å². The minimum Gasteiger partial charge on any atom is -0.378 e. The van der Waals surface area contributed by atoms with E-state index < -0.39 is 14.8 Å². The molecule has 1 amide bonds. The number of carbonyl (C=O) groups excluding carboxylic acids is 1. The van der Waals surface area contributed by atoms with Crippen molar-refractivity contribution in [3.05, 3.63) is 40.5 Å². The maximum absolute atomic E-state index is 12.2. The van der Waals surface area contributed by atoms with Crippen molar-refractivity contribution in [1.82, 2.24) is 5.32 Å². The molecule has 1 aromatic carbocycles. The van der Waals surface area contributed by atoms with Crippen molar-refractivity contribution >= 4 is 27.1 Å². The van der Waals surface area contributed by atoms with E-state index in [1.807, 2.05) is 0 Å². The Hall–Kier alpha value is -2.42. The summed E-state index contributed by atoms with van der Waals surface area (Å²) in [5.41, 5.74) is -0.0861. The van der Waals surface area contributed by atoms with E-state index in [-0.39, 0.29) is 28.1 Å². The summed E-state index contributed by atoms with van der Waals surface area (Å²) in [6.07, 6.45) is 7.23. The second-order valence-corrected chi connectivity index (χ2v) is 8.83. The van der Waals surface area contributed by atoms with Crippen molar-refractivity contribution in [2.45, 2.75) is 17.7 Å². The van der Waals surface area contributed by atoms with Gasteiger partial charge in [0.1, 0.15) is 5.69 Å². The van der Waals surface area contributed by atoms with E-state index in [9.17, 15) is 23.3 Å². The van der Waals surface area contributed by atoms with Crippen molar-refractivity contribution in [2.24, 2.45) is 17.8 Å². The first kappa shape index (κ1) is 18.4. The van der Waals surface area contributed by atoms with E-state index in [0.29, 0.717) is 24.9 Å². The lowest BCUT2D eigenvalue weighted by atomic mass is 9.93. The molecule has 0 aliphatic heterocycles. The van der Waals surface area contributed by atoms with E-state index in [2.05, 4.69) is 22.8 Å². The molecule has 2 aliphatic carbocycles. The van der Waals surface area contributed by atoms with Crippen LogP contribution in [0.25, 0.3) is 0 Å². The van der Waals surface area contributed by atoms with Gasteiger partial charge in [-0.05, 0) is 36.8 Å². The van der Waals surface area contributed by atoms with Crippen molar-refractivity contribution in [3.8, 4) is 0 Å². The van der Waals surface area contributed by atoms with Crippen LogP contribution < -0.4 is 10.6 Å². The number of nitro benzene ring substituents is 1. The fraction of sp³-hybridized carbons (Fsp3) is 0.471. The summed E-state index contributed by atoms with van der Waals surface area (Å²) in [5, 5.41) is 16.9. The van der Waals surface area contributed by atoms with Gasteiger partial charge in [0, 0.05) is 31.3 Å². The topological polar surface area (TPSA) is 118 Å². The zero-order valence-corrected chi connectivity index (χ0v) is 15.2. The van der Waals surface area contributed by atoms with Crippen molar-refractivity contribution in [3.63, 3.8) is 0 Å². The first-order chi connectivity index (χ1) is 12.3. The molecule has 3 atom stereocenters. The second kappa shape index (κ2) is 7.06. The van der Waals surface area contributed by atoms with Crippen molar-refractivity contribution in [1.29, 1.82) is 0 Å². The number of fused-ring (bicyclic) bond motifs is 2. The highest BCUT2D eigenvalue weighted by atomic mass is 32.2. The molecule has 3 rings (SSSR count). The van der Waals surface area contributed by atoms with Crippen molar-refractivity contribution in [2.75, 3.05) is 24.7 Å². The van der Waals surface area contributed by atoms with Crippen LogP contribution in [0.1, 0.15) is 12.8 Å². The molecule has 0 saturated heterocycles.